The molecule has 1 N–H and O–H groups in total. The lowest BCUT2D eigenvalue weighted by Crippen LogP contribution is -2.49. The number of nitrogens with one attached hydrogen (secondary N) is 1. The number of halogens is 3. The minimum absolute atomic E-state index is 0.962. The Balaban J connectivity index is 0.000000406. The number of alkyl halides is 3. The smallest absolute Gasteiger partial charge is 0.485 e. The molecule has 6 nitrogen and oxygen atoms in total. The minimum atomic E-state index is -6.09. The molecule has 0 spiro atoms. The Bertz CT molecular complexity index is 1420. The molecule has 4 aromatic rings. The topological polar surface area (TPSA) is 76.4 Å². The standard InChI is InChI=1S/C29H30N3.CHF3O3S/c1-4-10-24(11-5-1)27-22-28(25-12-6-2-7-13-25)32(21-20-31-18-16-30-17-19-31)29(23-27)26-14-8-3-9-15-26;2-1(3,4)8(5,6)7/h1-15,22-23,30H,16-21H2;(H,5,6,7)/q+1;/p-1. The van der Waals surface area contributed by atoms with Gasteiger partial charge in [0.05, 0.1) is 6.54 Å². The van der Waals surface area contributed by atoms with Crippen molar-refractivity contribution >= 4 is 10.1 Å². The predicted molar refractivity (Wildman–Crippen MR) is 148 cm³/mol. The van der Waals surface area contributed by atoms with E-state index in [4.69, 9.17) is 13.0 Å². The summed E-state index contributed by atoms with van der Waals surface area (Å²) in [7, 11) is -6.09. The molecule has 0 amide bonds. The van der Waals surface area contributed by atoms with E-state index < -0.39 is 15.6 Å². The van der Waals surface area contributed by atoms with Crippen molar-refractivity contribution in [1.82, 2.24) is 10.2 Å². The number of aromatic nitrogens is 1. The first-order valence-electron chi connectivity index (χ1n) is 12.8. The van der Waals surface area contributed by atoms with E-state index in [0.717, 1.165) is 39.3 Å². The monoisotopic (exact) mass is 569 g/mol. The van der Waals surface area contributed by atoms with Crippen LogP contribution in [0.2, 0.25) is 0 Å². The summed E-state index contributed by atoms with van der Waals surface area (Å²) in [6.45, 7) is 6.40. The highest BCUT2D eigenvalue weighted by atomic mass is 32.2. The molecule has 40 heavy (non-hydrogen) atoms. The van der Waals surface area contributed by atoms with Crippen LogP contribution in [0.1, 0.15) is 0 Å². The van der Waals surface area contributed by atoms with Gasteiger partial charge in [-0.1, -0.05) is 66.7 Å². The van der Waals surface area contributed by atoms with E-state index in [1.807, 2.05) is 0 Å². The van der Waals surface area contributed by atoms with Gasteiger partial charge < -0.3 is 9.87 Å². The number of pyridine rings is 1. The van der Waals surface area contributed by atoms with Crippen molar-refractivity contribution in [3.63, 3.8) is 0 Å². The summed E-state index contributed by atoms with van der Waals surface area (Å²) in [5, 5.41) is 3.46. The average Bonchev–Trinajstić information content (AvgIpc) is 2.97. The van der Waals surface area contributed by atoms with Gasteiger partial charge in [0.25, 0.3) is 0 Å². The van der Waals surface area contributed by atoms with E-state index in [0.29, 0.717) is 0 Å². The van der Waals surface area contributed by atoms with Crippen molar-refractivity contribution in [1.29, 1.82) is 0 Å². The van der Waals surface area contributed by atoms with Gasteiger partial charge in [0.2, 0.25) is 11.4 Å². The largest absolute Gasteiger partial charge is 0.741 e. The molecule has 3 aromatic carbocycles. The Morgan fingerprint density at radius 2 is 1.12 bits per heavy atom. The fourth-order valence-corrected chi connectivity index (χ4v) is 4.53. The molecule has 1 aromatic heterocycles. The van der Waals surface area contributed by atoms with Crippen LogP contribution in [0.15, 0.2) is 103 Å². The molecule has 1 fully saturated rings. The first-order chi connectivity index (χ1) is 19.1. The fraction of sp³-hybridized carbons (Fsp3) is 0.233. The van der Waals surface area contributed by atoms with Crippen molar-refractivity contribution in [2.45, 2.75) is 12.1 Å². The number of nitrogens with zero attached hydrogens (tertiary/aromatic N) is 2. The van der Waals surface area contributed by atoms with Gasteiger partial charge in [-0.15, -0.1) is 0 Å². The molecule has 1 aliphatic heterocycles. The Morgan fingerprint density at radius 3 is 1.52 bits per heavy atom. The van der Waals surface area contributed by atoms with Crippen molar-refractivity contribution in [2.75, 3.05) is 32.7 Å². The molecular weight excluding hydrogens is 539 g/mol. The Labute approximate surface area is 232 Å². The van der Waals surface area contributed by atoms with Gasteiger partial charge in [-0.3, -0.25) is 4.90 Å². The van der Waals surface area contributed by atoms with Crippen LogP contribution in [0.4, 0.5) is 13.2 Å². The Morgan fingerprint density at radius 1 is 0.725 bits per heavy atom. The summed E-state index contributed by atoms with van der Waals surface area (Å²) in [6.07, 6.45) is 0. The van der Waals surface area contributed by atoms with Gasteiger partial charge in [0.1, 0.15) is 0 Å². The number of piperazine rings is 1. The number of benzene rings is 3. The molecule has 0 bridgehead atoms. The van der Waals surface area contributed by atoms with Gasteiger partial charge in [-0.2, -0.15) is 17.7 Å². The van der Waals surface area contributed by atoms with Crippen LogP contribution in [0.3, 0.4) is 0 Å². The molecular formula is C30H30F3N3O3S. The van der Waals surface area contributed by atoms with Crippen LogP contribution in [-0.4, -0.2) is 56.1 Å². The van der Waals surface area contributed by atoms with Crippen LogP contribution in [0.25, 0.3) is 33.6 Å². The third-order valence-electron chi connectivity index (χ3n) is 6.55. The second kappa shape index (κ2) is 13.2. The first kappa shape index (κ1) is 29.4. The molecule has 0 saturated carbocycles. The summed E-state index contributed by atoms with van der Waals surface area (Å²) in [5.41, 5.74) is 1.89. The van der Waals surface area contributed by atoms with E-state index in [2.05, 4.69) is 118 Å². The van der Waals surface area contributed by atoms with Gasteiger partial charge in [0, 0.05) is 49.4 Å². The maximum Gasteiger partial charge on any atom is 0.485 e. The number of hydrogen-bond donors (Lipinski definition) is 1. The molecule has 1 saturated heterocycles. The Kier molecular flexibility index (Phi) is 9.70. The Hall–Kier alpha value is -3.57. The summed E-state index contributed by atoms with van der Waals surface area (Å²) in [5.74, 6) is 0. The van der Waals surface area contributed by atoms with Crippen LogP contribution in [0.5, 0.6) is 0 Å². The molecule has 1 aliphatic rings. The number of hydrogen-bond acceptors (Lipinski definition) is 5. The van der Waals surface area contributed by atoms with Crippen LogP contribution < -0.4 is 9.88 Å². The zero-order chi connectivity index (χ0) is 28.6. The molecule has 0 atom stereocenters. The molecule has 2 heterocycles. The quantitative estimate of drug-likeness (QED) is 0.203. The van der Waals surface area contributed by atoms with Gasteiger partial charge >= 0.3 is 5.51 Å². The van der Waals surface area contributed by atoms with Crippen LogP contribution in [-0.2, 0) is 16.7 Å². The maximum atomic E-state index is 10.7. The van der Waals surface area contributed by atoms with Crippen molar-refractivity contribution in [3.05, 3.63) is 103 Å². The van der Waals surface area contributed by atoms with Crippen LogP contribution in [0, 0.1) is 0 Å². The fourth-order valence-electron chi connectivity index (χ4n) is 4.53. The molecule has 210 valence electrons. The lowest BCUT2D eigenvalue weighted by Gasteiger charge is -2.26. The highest BCUT2D eigenvalue weighted by Gasteiger charge is 2.37. The van der Waals surface area contributed by atoms with Crippen LogP contribution >= 0.6 is 0 Å². The summed E-state index contributed by atoms with van der Waals surface area (Å²) >= 11 is 0. The minimum Gasteiger partial charge on any atom is -0.741 e. The average molecular weight is 570 g/mol. The normalized spacial score (nSPS) is 14.3. The first-order valence-corrected chi connectivity index (χ1v) is 14.2. The van der Waals surface area contributed by atoms with E-state index in [-0.39, 0.29) is 0 Å². The van der Waals surface area contributed by atoms with Gasteiger partial charge in [-0.25, -0.2) is 8.42 Å². The number of rotatable bonds is 6. The lowest BCUT2D eigenvalue weighted by molar-refractivity contribution is -0.675. The van der Waals surface area contributed by atoms with E-state index in [1.54, 1.807) is 0 Å². The van der Waals surface area contributed by atoms with E-state index in [1.165, 1.54) is 33.6 Å². The van der Waals surface area contributed by atoms with E-state index in [9.17, 15) is 13.2 Å². The van der Waals surface area contributed by atoms with Gasteiger partial charge in [-0.05, 0) is 35.4 Å². The zero-order valence-corrected chi connectivity index (χ0v) is 22.5. The molecule has 0 radical (unpaired) electrons. The second-order valence-electron chi connectivity index (χ2n) is 9.26. The van der Waals surface area contributed by atoms with Gasteiger partial charge in [0.15, 0.2) is 16.7 Å². The van der Waals surface area contributed by atoms with Crippen molar-refractivity contribution in [2.24, 2.45) is 0 Å². The lowest BCUT2D eigenvalue weighted by atomic mass is 9.99. The molecule has 5 rings (SSSR count). The van der Waals surface area contributed by atoms with Crippen molar-refractivity contribution < 1.29 is 30.7 Å². The summed E-state index contributed by atoms with van der Waals surface area (Å²) in [6, 6.07) is 37.0. The highest BCUT2D eigenvalue weighted by Crippen LogP contribution is 2.29. The maximum absolute atomic E-state index is 10.7. The molecule has 0 aliphatic carbocycles. The van der Waals surface area contributed by atoms with E-state index >= 15 is 0 Å². The third-order valence-corrected chi connectivity index (χ3v) is 7.11. The molecule has 10 heteroatoms. The predicted octanol–water partition coefficient (Wildman–Crippen LogP) is 4.93. The highest BCUT2D eigenvalue weighted by molar-refractivity contribution is 7.86. The molecule has 0 unspecified atom stereocenters. The third kappa shape index (κ3) is 7.76. The second-order valence-corrected chi connectivity index (χ2v) is 10.6. The summed E-state index contributed by atoms with van der Waals surface area (Å²) < 4.78 is 61.4. The summed E-state index contributed by atoms with van der Waals surface area (Å²) in [4.78, 5) is 2.57. The van der Waals surface area contributed by atoms with Crippen molar-refractivity contribution in [3.8, 4) is 33.6 Å². The zero-order valence-electron chi connectivity index (χ0n) is 21.7. The SMILES string of the molecule is O=S(=O)([O-])C(F)(F)F.c1ccc(-c2cc(-c3ccccc3)[n+](CCN3CCNCC3)c(-c3ccccc3)c2)cc1.